The summed E-state index contributed by atoms with van der Waals surface area (Å²) in [5.74, 6) is 0.773. The van der Waals surface area contributed by atoms with Crippen molar-refractivity contribution in [2.75, 3.05) is 32.7 Å². The lowest BCUT2D eigenvalue weighted by molar-refractivity contribution is 0.0809. The summed E-state index contributed by atoms with van der Waals surface area (Å²) in [6, 6.07) is 9.50. The van der Waals surface area contributed by atoms with Crippen molar-refractivity contribution in [2.24, 2.45) is 0 Å². The SMILES string of the molecule is CC(C)(CCN1CCNCC1)Oc1cccc(C#N)c1. The van der Waals surface area contributed by atoms with Crippen molar-refractivity contribution in [3.63, 3.8) is 0 Å². The molecule has 20 heavy (non-hydrogen) atoms. The maximum atomic E-state index is 8.92. The lowest BCUT2D eigenvalue weighted by atomic mass is 10.0. The highest BCUT2D eigenvalue weighted by Gasteiger charge is 2.22. The highest BCUT2D eigenvalue weighted by atomic mass is 16.5. The maximum absolute atomic E-state index is 8.92. The Labute approximate surface area is 121 Å². The molecule has 1 aromatic carbocycles. The number of nitrogens with zero attached hydrogens (tertiary/aromatic N) is 2. The molecule has 0 aliphatic carbocycles. The van der Waals surface area contributed by atoms with Gasteiger partial charge in [-0.25, -0.2) is 0 Å². The summed E-state index contributed by atoms with van der Waals surface area (Å²) in [4.78, 5) is 2.47. The first-order chi connectivity index (χ1) is 9.59. The van der Waals surface area contributed by atoms with E-state index in [-0.39, 0.29) is 5.60 Å². The number of benzene rings is 1. The number of ether oxygens (including phenoxy) is 1. The standard InChI is InChI=1S/C16H23N3O/c1-16(2,6-9-19-10-7-18-8-11-19)20-15-5-3-4-14(12-15)13-17/h3-5,12,18H,6-11H2,1-2H3. The Balaban J connectivity index is 1.87. The Kier molecular flexibility index (Phi) is 4.99. The minimum absolute atomic E-state index is 0.223. The molecule has 0 radical (unpaired) electrons. The summed E-state index contributed by atoms with van der Waals surface area (Å²) < 4.78 is 6.04. The normalized spacial score (nSPS) is 16.6. The van der Waals surface area contributed by atoms with Crippen LogP contribution in [0.15, 0.2) is 24.3 Å². The van der Waals surface area contributed by atoms with Crippen molar-refractivity contribution >= 4 is 0 Å². The van der Waals surface area contributed by atoms with Crippen LogP contribution < -0.4 is 10.1 Å². The monoisotopic (exact) mass is 273 g/mol. The largest absolute Gasteiger partial charge is 0.488 e. The third-order valence-electron chi connectivity index (χ3n) is 3.60. The zero-order chi connectivity index (χ0) is 14.4. The minimum atomic E-state index is -0.223. The summed E-state index contributed by atoms with van der Waals surface area (Å²) in [5, 5.41) is 12.3. The second-order valence-corrected chi connectivity index (χ2v) is 5.84. The van der Waals surface area contributed by atoms with Crippen molar-refractivity contribution in [3.05, 3.63) is 29.8 Å². The third-order valence-corrected chi connectivity index (χ3v) is 3.60. The van der Waals surface area contributed by atoms with Crippen LogP contribution >= 0.6 is 0 Å². The quantitative estimate of drug-likeness (QED) is 0.891. The van der Waals surface area contributed by atoms with Crippen molar-refractivity contribution in [2.45, 2.75) is 25.9 Å². The van der Waals surface area contributed by atoms with E-state index < -0.39 is 0 Å². The zero-order valence-corrected chi connectivity index (χ0v) is 12.4. The summed E-state index contributed by atoms with van der Waals surface area (Å²) >= 11 is 0. The molecule has 1 fully saturated rings. The molecule has 1 saturated heterocycles. The second-order valence-electron chi connectivity index (χ2n) is 5.84. The molecule has 4 nitrogen and oxygen atoms in total. The predicted molar refractivity (Wildman–Crippen MR) is 79.8 cm³/mol. The van der Waals surface area contributed by atoms with Gasteiger partial charge in [0.25, 0.3) is 0 Å². The Morgan fingerprint density at radius 1 is 1.35 bits per heavy atom. The molecule has 0 spiro atoms. The number of rotatable bonds is 5. The fraction of sp³-hybridized carbons (Fsp3) is 0.562. The number of hydrogen-bond acceptors (Lipinski definition) is 4. The van der Waals surface area contributed by atoms with Gasteiger partial charge in [0.2, 0.25) is 0 Å². The molecule has 0 unspecified atom stereocenters. The molecule has 108 valence electrons. The van der Waals surface area contributed by atoms with E-state index in [0.717, 1.165) is 44.9 Å². The van der Waals surface area contributed by atoms with Crippen LogP contribution in [0.3, 0.4) is 0 Å². The van der Waals surface area contributed by atoms with Gasteiger partial charge in [0.05, 0.1) is 11.6 Å². The van der Waals surface area contributed by atoms with E-state index >= 15 is 0 Å². The molecular weight excluding hydrogens is 250 g/mol. The average molecular weight is 273 g/mol. The van der Waals surface area contributed by atoms with Crippen molar-refractivity contribution in [3.8, 4) is 11.8 Å². The molecule has 0 saturated carbocycles. The first-order valence-electron chi connectivity index (χ1n) is 7.21. The zero-order valence-electron chi connectivity index (χ0n) is 12.4. The van der Waals surface area contributed by atoms with Gasteiger partial charge in [-0.05, 0) is 38.5 Å². The first-order valence-corrected chi connectivity index (χ1v) is 7.21. The molecular formula is C16H23N3O. The molecule has 1 aliphatic heterocycles. The number of nitriles is 1. The van der Waals surface area contributed by atoms with Crippen LogP contribution in [0.25, 0.3) is 0 Å². The van der Waals surface area contributed by atoms with E-state index in [1.165, 1.54) is 0 Å². The highest BCUT2D eigenvalue weighted by Crippen LogP contribution is 2.22. The molecule has 2 rings (SSSR count). The van der Waals surface area contributed by atoms with Gasteiger partial charge in [-0.2, -0.15) is 5.26 Å². The van der Waals surface area contributed by atoms with E-state index in [1.54, 1.807) is 12.1 Å². The van der Waals surface area contributed by atoms with Gasteiger partial charge in [-0.15, -0.1) is 0 Å². The summed E-state index contributed by atoms with van der Waals surface area (Å²) in [5.41, 5.74) is 0.416. The van der Waals surface area contributed by atoms with Gasteiger partial charge in [0.15, 0.2) is 0 Å². The summed E-state index contributed by atoms with van der Waals surface area (Å²) in [6.45, 7) is 9.63. The molecule has 0 atom stereocenters. The molecule has 1 heterocycles. The van der Waals surface area contributed by atoms with Gasteiger partial charge in [0, 0.05) is 32.7 Å². The fourth-order valence-electron chi connectivity index (χ4n) is 2.36. The lowest BCUT2D eigenvalue weighted by Crippen LogP contribution is -2.45. The molecule has 0 aromatic heterocycles. The number of nitrogens with one attached hydrogen (secondary N) is 1. The number of piperazine rings is 1. The molecule has 1 N–H and O–H groups in total. The summed E-state index contributed by atoms with van der Waals surface area (Å²) in [6.07, 6.45) is 0.976. The minimum Gasteiger partial charge on any atom is -0.488 e. The Hall–Kier alpha value is -1.57. The van der Waals surface area contributed by atoms with Crippen LogP contribution in [0.5, 0.6) is 5.75 Å². The van der Waals surface area contributed by atoms with Crippen LogP contribution in [0.4, 0.5) is 0 Å². The van der Waals surface area contributed by atoms with Crippen LogP contribution in [-0.4, -0.2) is 43.2 Å². The van der Waals surface area contributed by atoms with Gasteiger partial charge in [0.1, 0.15) is 11.4 Å². The van der Waals surface area contributed by atoms with Gasteiger partial charge >= 0.3 is 0 Å². The Morgan fingerprint density at radius 3 is 2.80 bits per heavy atom. The molecule has 0 amide bonds. The van der Waals surface area contributed by atoms with Gasteiger partial charge in [-0.3, -0.25) is 0 Å². The maximum Gasteiger partial charge on any atom is 0.121 e. The lowest BCUT2D eigenvalue weighted by Gasteiger charge is -2.32. The fourth-order valence-corrected chi connectivity index (χ4v) is 2.36. The molecule has 0 bridgehead atoms. The Bertz CT molecular complexity index is 473. The smallest absolute Gasteiger partial charge is 0.121 e. The predicted octanol–water partition coefficient (Wildman–Crippen LogP) is 2.01. The van der Waals surface area contributed by atoms with E-state index in [9.17, 15) is 0 Å². The van der Waals surface area contributed by atoms with Crippen molar-refractivity contribution < 1.29 is 4.74 Å². The first kappa shape index (κ1) is 14.8. The topological polar surface area (TPSA) is 48.3 Å². The van der Waals surface area contributed by atoms with E-state index in [2.05, 4.69) is 30.1 Å². The second kappa shape index (κ2) is 6.74. The van der Waals surface area contributed by atoms with Gasteiger partial charge < -0.3 is 15.0 Å². The van der Waals surface area contributed by atoms with E-state index in [4.69, 9.17) is 10.00 Å². The van der Waals surface area contributed by atoms with Crippen molar-refractivity contribution in [1.29, 1.82) is 5.26 Å². The third kappa shape index (κ3) is 4.52. The van der Waals surface area contributed by atoms with Crippen LogP contribution in [0.2, 0.25) is 0 Å². The summed E-state index contributed by atoms with van der Waals surface area (Å²) in [7, 11) is 0. The van der Waals surface area contributed by atoms with Crippen molar-refractivity contribution in [1.82, 2.24) is 10.2 Å². The van der Waals surface area contributed by atoms with Crippen LogP contribution in [0.1, 0.15) is 25.8 Å². The van der Waals surface area contributed by atoms with E-state index in [0.29, 0.717) is 5.56 Å². The Morgan fingerprint density at radius 2 is 2.10 bits per heavy atom. The highest BCUT2D eigenvalue weighted by molar-refractivity contribution is 5.36. The number of hydrogen-bond donors (Lipinski definition) is 1. The van der Waals surface area contributed by atoms with Crippen LogP contribution in [-0.2, 0) is 0 Å². The molecule has 1 aliphatic rings. The van der Waals surface area contributed by atoms with Crippen LogP contribution in [0, 0.1) is 11.3 Å². The molecule has 1 aromatic rings. The van der Waals surface area contributed by atoms with E-state index in [1.807, 2.05) is 12.1 Å². The molecule has 4 heteroatoms. The average Bonchev–Trinajstić information content (AvgIpc) is 2.46. The van der Waals surface area contributed by atoms with Gasteiger partial charge in [-0.1, -0.05) is 6.07 Å².